The van der Waals surface area contributed by atoms with Crippen LogP contribution in [-0.2, 0) is 26.0 Å². The Kier molecular flexibility index (Phi) is 9.31. The third-order valence-electron chi connectivity index (χ3n) is 6.90. The average Bonchev–Trinajstić information content (AvgIpc) is 2.93. The maximum atomic E-state index is 13.6. The number of sulfonamides is 1. The van der Waals surface area contributed by atoms with Crippen LogP contribution in [0.2, 0.25) is 0 Å². The van der Waals surface area contributed by atoms with Gasteiger partial charge in [-0.05, 0) is 97.2 Å². The van der Waals surface area contributed by atoms with Gasteiger partial charge >= 0.3 is 6.18 Å². The Morgan fingerprint density at radius 3 is 2.02 bits per heavy atom. The highest BCUT2D eigenvalue weighted by molar-refractivity contribution is 7.91. The number of hydrogen-bond acceptors (Lipinski definition) is 5. The highest BCUT2D eigenvalue weighted by Crippen LogP contribution is 2.31. The number of thiocarbonyl (C=S) groups is 1. The van der Waals surface area contributed by atoms with Crippen LogP contribution < -0.4 is 10.0 Å². The molecule has 1 saturated heterocycles. The predicted molar refractivity (Wildman–Crippen MR) is 155 cm³/mol. The molecule has 0 aromatic heterocycles. The normalized spacial score (nSPS) is 15.2. The number of sulfone groups is 1. The Morgan fingerprint density at radius 2 is 1.48 bits per heavy atom. The van der Waals surface area contributed by atoms with Gasteiger partial charge in [0.2, 0.25) is 19.9 Å². The first kappa shape index (κ1) is 31.9. The minimum Gasteiger partial charge on any atom is -0.349 e. The first-order valence-corrected chi connectivity index (χ1v) is 16.4. The zero-order valence-electron chi connectivity index (χ0n) is 22.7. The van der Waals surface area contributed by atoms with Gasteiger partial charge in [-0.15, -0.1) is 0 Å². The van der Waals surface area contributed by atoms with Crippen LogP contribution >= 0.6 is 12.2 Å². The fourth-order valence-corrected chi connectivity index (χ4v) is 7.93. The molecule has 42 heavy (non-hydrogen) atoms. The van der Waals surface area contributed by atoms with Crippen molar-refractivity contribution < 1.29 is 34.4 Å². The third kappa shape index (κ3) is 7.28. The number of nitrogens with zero attached hydrogens (tertiary/aromatic N) is 1. The maximum Gasteiger partial charge on any atom is 0.416 e. The summed E-state index contributed by atoms with van der Waals surface area (Å²) in [5.74, 6) is -0.826. The van der Waals surface area contributed by atoms with Crippen molar-refractivity contribution in [3.63, 3.8) is 0 Å². The van der Waals surface area contributed by atoms with Gasteiger partial charge in [-0.25, -0.2) is 25.9 Å². The molecule has 3 aromatic rings. The van der Waals surface area contributed by atoms with Crippen molar-refractivity contribution in [2.45, 2.75) is 59.5 Å². The van der Waals surface area contributed by atoms with Crippen molar-refractivity contribution in [3.05, 3.63) is 83.7 Å². The Labute approximate surface area is 247 Å². The SMILES string of the molecule is CC(C)c1ccc(S(=O)(=O)c2ccc(F)cc2)cc1S(=O)(=O)NC1CCN(C(=S)Nc2ccc(C(F)(F)F)cc2)CC1. The highest BCUT2D eigenvalue weighted by atomic mass is 32.2. The second-order valence-electron chi connectivity index (χ2n) is 10.2. The summed E-state index contributed by atoms with van der Waals surface area (Å²) >= 11 is 5.41. The summed E-state index contributed by atoms with van der Waals surface area (Å²) in [6, 6.07) is 12.3. The molecule has 4 rings (SSSR count). The van der Waals surface area contributed by atoms with Gasteiger partial charge in [0.05, 0.1) is 20.2 Å². The van der Waals surface area contributed by atoms with Crippen LogP contribution in [0.4, 0.5) is 23.2 Å². The zero-order chi connectivity index (χ0) is 30.9. The van der Waals surface area contributed by atoms with Crippen molar-refractivity contribution in [1.29, 1.82) is 0 Å². The van der Waals surface area contributed by atoms with Crippen molar-refractivity contribution in [2.75, 3.05) is 18.4 Å². The van der Waals surface area contributed by atoms with Crippen molar-refractivity contribution in [2.24, 2.45) is 0 Å². The van der Waals surface area contributed by atoms with Gasteiger partial charge in [-0.3, -0.25) is 0 Å². The lowest BCUT2D eigenvalue weighted by atomic mass is 10.0. The van der Waals surface area contributed by atoms with Gasteiger partial charge in [-0.2, -0.15) is 13.2 Å². The van der Waals surface area contributed by atoms with E-state index in [0.29, 0.717) is 42.3 Å². The Morgan fingerprint density at radius 1 is 0.905 bits per heavy atom. The van der Waals surface area contributed by atoms with Gasteiger partial charge in [0.1, 0.15) is 5.82 Å². The van der Waals surface area contributed by atoms with Gasteiger partial charge in [0.15, 0.2) is 5.11 Å². The molecule has 3 aromatic carbocycles. The highest BCUT2D eigenvalue weighted by Gasteiger charge is 2.31. The van der Waals surface area contributed by atoms with Gasteiger partial charge in [-0.1, -0.05) is 19.9 Å². The number of hydrogen-bond donors (Lipinski definition) is 2. The van der Waals surface area contributed by atoms with E-state index in [-0.39, 0.29) is 20.6 Å². The molecule has 0 unspecified atom stereocenters. The van der Waals surface area contributed by atoms with Crippen LogP contribution in [0.5, 0.6) is 0 Å². The van der Waals surface area contributed by atoms with E-state index in [1.165, 1.54) is 24.3 Å². The minimum atomic E-state index is -4.44. The number of alkyl halides is 3. The molecule has 1 fully saturated rings. The number of nitrogens with one attached hydrogen (secondary N) is 2. The van der Waals surface area contributed by atoms with E-state index in [0.717, 1.165) is 42.5 Å². The molecule has 14 heteroatoms. The molecular formula is C28H29F4N3O4S3. The number of rotatable bonds is 7. The van der Waals surface area contributed by atoms with E-state index in [1.807, 2.05) is 0 Å². The Bertz CT molecular complexity index is 1650. The van der Waals surface area contributed by atoms with E-state index in [9.17, 15) is 34.4 Å². The standard InChI is InChI=1S/C28H29F4N3O4S3/c1-18(2)25-12-11-24(41(36,37)23-9-5-20(29)6-10-23)17-26(25)42(38,39)34-22-13-15-35(16-14-22)27(40)33-21-7-3-19(4-8-21)28(30,31)32/h3-12,17-18,22,34H,13-16H2,1-2H3,(H,33,40). The van der Waals surface area contributed by atoms with Gasteiger partial charge < -0.3 is 10.2 Å². The first-order valence-electron chi connectivity index (χ1n) is 13.0. The smallest absolute Gasteiger partial charge is 0.349 e. The van der Waals surface area contributed by atoms with Crippen LogP contribution in [0.25, 0.3) is 0 Å². The molecule has 226 valence electrons. The molecule has 0 amide bonds. The van der Waals surface area contributed by atoms with Crippen LogP contribution in [-0.4, -0.2) is 46.0 Å². The summed E-state index contributed by atoms with van der Waals surface area (Å²) in [5.41, 5.74) is 0.0682. The lowest BCUT2D eigenvalue weighted by Crippen LogP contribution is -2.47. The van der Waals surface area contributed by atoms with E-state index in [4.69, 9.17) is 12.2 Å². The first-order chi connectivity index (χ1) is 19.6. The van der Waals surface area contributed by atoms with Gasteiger partial charge in [0, 0.05) is 24.8 Å². The Balaban J connectivity index is 1.46. The quantitative estimate of drug-likeness (QED) is 0.187. The van der Waals surface area contributed by atoms with E-state index >= 15 is 0 Å². The van der Waals surface area contributed by atoms with E-state index < -0.39 is 43.5 Å². The van der Waals surface area contributed by atoms with Crippen LogP contribution in [0, 0.1) is 5.82 Å². The van der Waals surface area contributed by atoms with Gasteiger partial charge in [0.25, 0.3) is 0 Å². The van der Waals surface area contributed by atoms with Crippen molar-refractivity contribution in [3.8, 4) is 0 Å². The molecule has 0 aliphatic carbocycles. The van der Waals surface area contributed by atoms with E-state index in [1.54, 1.807) is 18.7 Å². The van der Waals surface area contributed by atoms with Crippen molar-refractivity contribution >= 4 is 42.9 Å². The van der Waals surface area contributed by atoms with Crippen LogP contribution in [0.1, 0.15) is 43.7 Å². The van der Waals surface area contributed by atoms with Crippen LogP contribution in [0.3, 0.4) is 0 Å². The van der Waals surface area contributed by atoms with Crippen molar-refractivity contribution in [1.82, 2.24) is 9.62 Å². The number of anilines is 1. The second kappa shape index (κ2) is 12.3. The molecule has 1 aliphatic heterocycles. The summed E-state index contributed by atoms with van der Waals surface area (Å²) in [7, 11) is -8.25. The summed E-state index contributed by atoms with van der Waals surface area (Å²) in [4.78, 5) is 1.26. The zero-order valence-corrected chi connectivity index (χ0v) is 25.1. The Hall–Kier alpha value is -3.07. The third-order valence-corrected chi connectivity index (χ3v) is 10.6. The average molecular weight is 644 g/mol. The van der Waals surface area contributed by atoms with Crippen LogP contribution in [0.15, 0.2) is 81.4 Å². The number of piperidine rings is 1. The number of halogens is 4. The predicted octanol–water partition coefficient (Wildman–Crippen LogP) is 5.94. The molecule has 0 bridgehead atoms. The topological polar surface area (TPSA) is 95.6 Å². The summed E-state index contributed by atoms with van der Waals surface area (Å²) in [6.45, 7) is 4.36. The second-order valence-corrected chi connectivity index (χ2v) is 14.2. The molecular weight excluding hydrogens is 615 g/mol. The van der Waals surface area contributed by atoms with E-state index in [2.05, 4.69) is 10.0 Å². The summed E-state index contributed by atoms with van der Waals surface area (Å²) in [5, 5.41) is 3.21. The maximum absolute atomic E-state index is 13.6. The molecule has 0 radical (unpaired) electrons. The molecule has 2 N–H and O–H groups in total. The molecule has 1 heterocycles. The molecule has 0 atom stereocenters. The lowest BCUT2D eigenvalue weighted by Gasteiger charge is -2.34. The molecule has 1 aliphatic rings. The monoisotopic (exact) mass is 643 g/mol. The molecule has 0 spiro atoms. The summed E-state index contributed by atoms with van der Waals surface area (Å²) < 4.78 is 108. The number of likely N-dealkylation sites (tertiary alicyclic amines) is 1. The number of benzene rings is 3. The molecule has 0 saturated carbocycles. The fourth-order valence-electron chi connectivity index (χ4n) is 4.57. The largest absolute Gasteiger partial charge is 0.416 e. The molecule has 7 nitrogen and oxygen atoms in total. The lowest BCUT2D eigenvalue weighted by molar-refractivity contribution is -0.137. The minimum absolute atomic E-state index is 0.150. The summed E-state index contributed by atoms with van der Waals surface area (Å²) in [6.07, 6.45) is -3.67. The fraction of sp³-hybridized carbons (Fsp3) is 0.321.